The van der Waals surface area contributed by atoms with Crippen LogP contribution in [-0.4, -0.2) is 48.6 Å². The summed E-state index contributed by atoms with van der Waals surface area (Å²) in [7, 11) is 4.35. The van der Waals surface area contributed by atoms with E-state index in [0.717, 1.165) is 30.1 Å². The van der Waals surface area contributed by atoms with Gasteiger partial charge in [0.1, 0.15) is 5.75 Å². The summed E-state index contributed by atoms with van der Waals surface area (Å²) in [5.74, 6) is 1.26. The number of benzene rings is 1. The first-order valence-corrected chi connectivity index (χ1v) is 7.21. The van der Waals surface area contributed by atoms with Gasteiger partial charge in [-0.2, -0.15) is 0 Å². The molecule has 0 unspecified atom stereocenters. The van der Waals surface area contributed by atoms with Crippen LogP contribution >= 0.6 is 0 Å². The predicted molar refractivity (Wildman–Crippen MR) is 79.4 cm³/mol. The van der Waals surface area contributed by atoms with E-state index >= 15 is 0 Å². The number of aromatic hydroxyl groups is 1. The highest BCUT2D eigenvalue weighted by molar-refractivity contribution is 5.39. The Bertz CT molecular complexity index is 411. The van der Waals surface area contributed by atoms with Crippen molar-refractivity contribution in [1.29, 1.82) is 0 Å². The molecule has 0 spiro atoms. The zero-order valence-electron chi connectivity index (χ0n) is 12.4. The Morgan fingerprint density at radius 1 is 1.32 bits per heavy atom. The van der Waals surface area contributed by atoms with Crippen LogP contribution in [0.4, 0.5) is 0 Å². The molecule has 0 radical (unpaired) electrons. The summed E-state index contributed by atoms with van der Waals surface area (Å²) in [4.78, 5) is 4.74. The van der Waals surface area contributed by atoms with Crippen LogP contribution < -0.4 is 0 Å². The second-order valence-corrected chi connectivity index (χ2v) is 6.03. The number of likely N-dealkylation sites (tertiary alicyclic amines) is 1. The number of nitrogens with zero attached hydrogens (tertiary/aromatic N) is 2. The van der Waals surface area contributed by atoms with Crippen molar-refractivity contribution in [3.63, 3.8) is 0 Å². The molecule has 19 heavy (non-hydrogen) atoms. The summed E-state index contributed by atoms with van der Waals surface area (Å²) in [6, 6.07) is 6.00. The molecule has 1 saturated heterocycles. The second kappa shape index (κ2) is 6.40. The van der Waals surface area contributed by atoms with E-state index in [-0.39, 0.29) is 0 Å². The molecule has 2 rings (SSSR count). The van der Waals surface area contributed by atoms with Crippen molar-refractivity contribution in [3.05, 3.63) is 29.3 Å². The van der Waals surface area contributed by atoms with Gasteiger partial charge in [-0.15, -0.1) is 0 Å². The molecule has 1 N–H and O–H groups in total. The number of para-hydroxylation sites is 1. The monoisotopic (exact) mass is 262 g/mol. The average Bonchev–Trinajstić information content (AvgIpc) is 2.38. The maximum absolute atomic E-state index is 10.1. The van der Waals surface area contributed by atoms with E-state index in [2.05, 4.69) is 23.9 Å². The number of phenolic OH excluding ortho intramolecular Hbond substituents is 1. The van der Waals surface area contributed by atoms with Crippen LogP contribution in [0.25, 0.3) is 0 Å². The summed E-state index contributed by atoms with van der Waals surface area (Å²) in [6.07, 6.45) is 2.58. The highest BCUT2D eigenvalue weighted by Crippen LogP contribution is 2.23. The molecule has 0 amide bonds. The Labute approximate surface area is 116 Å². The number of phenols is 1. The number of rotatable bonds is 4. The fourth-order valence-electron chi connectivity index (χ4n) is 2.89. The summed E-state index contributed by atoms with van der Waals surface area (Å²) < 4.78 is 0. The number of hydrogen-bond acceptors (Lipinski definition) is 3. The molecular weight excluding hydrogens is 236 g/mol. The summed E-state index contributed by atoms with van der Waals surface area (Å²) >= 11 is 0. The SMILES string of the molecule is Cc1cccc(CN(C)CC2CCN(C)CC2)c1O. The molecule has 1 heterocycles. The van der Waals surface area contributed by atoms with Gasteiger partial charge in [0, 0.05) is 18.7 Å². The van der Waals surface area contributed by atoms with Crippen LogP contribution in [0.1, 0.15) is 24.0 Å². The largest absolute Gasteiger partial charge is 0.507 e. The highest BCUT2D eigenvalue weighted by Gasteiger charge is 2.18. The maximum Gasteiger partial charge on any atom is 0.122 e. The van der Waals surface area contributed by atoms with Gasteiger partial charge in [-0.25, -0.2) is 0 Å². The summed E-state index contributed by atoms with van der Waals surface area (Å²) in [5, 5.41) is 10.1. The topological polar surface area (TPSA) is 26.7 Å². The maximum atomic E-state index is 10.1. The lowest BCUT2D eigenvalue weighted by molar-refractivity contribution is 0.173. The van der Waals surface area contributed by atoms with Crippen molar-refractivity contribution < 1.29 is 5.11 Å². The van der Waals surface area contributed by atoms with Gasteiger partial charge < -0.3 is 14.9 Å². The molecule has 1 aromatic rings. The van der Waals surface area contributed by atoms with Crippen LogP contribution in [0.2, 0.25) is 0 Å². The molecule has 1 fully saturated rings. The molecule has 0 saturated carbocycles. The van der Waals surface area contributed by atoms with E-state index < -0.39 is 0 Å². The number of aryl methyl sites for hydroxylation is 1. The van der Waals surface area contributed by atoms with Gasteiger partial charge in [0.05, 0.1) is 0 Å². The number of piperidine rings is 1. The van der Waals surface area contributed by atoms with Crippen molar-refractivity contribution in [1.82, 2.24) is 9.80 Å². The third-order valence-electron chi connectivity index (χ3n) is 4.17. The molecule has 0 aromatic heterocycles. The van der Waals surface area contributed by atoms with Gasteiger partial charge in [0.15, 0.2) is 0 Å². The van der Waals surface area contributed by atoms with Gasteiger partial charge in [0.2, 0.25) is 0 Å². The second-order valence-electron chi connectivity index (χ2n) is 6.03. The molecule has 106 valence electrons. The predicted octanol–water partition coefficient (Wildman–Crippen LogP) is 2.47. The average molecular weight is 262 g/mol. The van der Waals surface area contributed by atoms with Crippen LogP contribution in [0.5, 0.6) is 5.75 Å². The fourth-order valence-corrected chi connectivity index (χ4v) is 2.89. The van der Waals surface area contributed by atoms with Crippen LogP contribution in [0, 0.1) is 12.8 Å². The van der Waals surface area contributed by atoms with Gasteiger partial charge in [-0.05, 0) is 58.4 Å². The zero-order chi connectivity index (χ0) is 13.8. The van der Waals surface area contributed by atoms with Gasteiger partial charge in [0.25, 0.3) is 0 Å². The van der Waals surface area contributed by atoms with Crippen molar-refractivity contribution in [2.24, 2.45) is 5.92 Å². The quantitative estimate of drug-likeness (QED) is 0.903. The third-order valence-corrected chi connectivity index (χ3v) is 4.17. The molecule has 0 atom stereocenters. The first-order valence-electron chi connectivity index (χ1n) is 7.21. The van der Waals surface area contributed by atoms with Crippen LogP contribution in [-0.2, 0) is 6.54 Å². The van der Waals surface area contributed by atoms with Gasteiger partial charge >= 0.3 is 0 Å². The van der Waals surface area contributed by atoms with Crippen LogP contribution in [0.15, 0.2) is 18.2 Å². The fraction of sp³-hybridized carbons (Fsp3) is 0.625. The summed E-state index contributed by atoms with van der Waals surface area (Å²) in [5.41, 5.74) is 2.00. The Balaban J connectivity index is 1.87. The minimum Gasteiger partial charge on any atom is -0.507 e. The lowest BCUT2D eigenvalue weighted by Crippen LogP contribution is -2.35. The summed E-state index contributed by atoms with van der Waals surface area (Å²) in [6.45, 7) is 6.35. The lowest BCUT2D eigenvalue weighted by Gasteiger charge is -2.31. The Hall–Kier alpha value is -1.06. The van der Waals surface area contributed by atoms with Crippen molar-refractivity contribution in [3.8, 4) is 5.75 Å². The van der Waals surface area contributed by atoms with Gasteiger partial charge in [-0.1, -0.05) is 18.2 Å². The molecule has 0 bridgehead atoms. The van der Waals surface area contributed by atoms with Crippen molar-refractivity contribution >= 4 is 0 Å². The molecule has 1 aromatic carbocycles. The van der Waals surface area contributed by atoms with E-state index in [0.29, 0.717) is 5.75 Å². The normalized spacial score (nSPS) is 18.1. The third kappa shape index (κ3) is 3.95. The first kappa shape index (κ1) is 14.4. The van der Waals surface area contributed by atoms with E-state index in [4.69, 9.17) is 0 Å². The van der Waals surface area contributed by atoms with E-state index in [1.165, 1.54) is 25.9 Å². The Morgan fingerprint density at radius 3 is 2.68 bits per heavy atom. The van der Waals surface area contributed by atoms with E-state index in [1.54, 1.807) is 0 Å². The lowest BCUT2D eigenvalue weighted by atomic mass is 9.96. The molecule has 3 nitrogen and oxygen atoms in total. The van der Waals surface area contributed by atoms with Crippen molar-refractivity contribution in [2.75, 3.05) is 33.7 Å². The molecule has 3 heteroatoms. The van der Waals surface area contributed by atoms with Crippen LogP contribution in [0.3, 0.4) is 0 Å². The van der Waals surface area contributed by atoms with E-state index in [9.17, 15) is 5.11 Å². The Kier molecular flexibility index (Phi) is 4.83. The highest BCUT2D eigenvalue weighted by atomic mass is 16.3. The number of hydrogen-bond donors (Lipinski definition) is 1. The van der Waals surface area contributed by atoms with Gasteiger partial charge in [-0.3, -0.25) is 0 Å². The zero-order valence-corrected chi connectivity index (χ0v) is 12.4. The molecule has 1 aliphatic heterocycles. The molecule has 1 aliphatic rings. The molecule has 0 aliphatic carbocycles. The Morgan fingerprint density at radius 2 is 2.00 bits per heavy atom. The first-order chi connectivity index (χ1) is 9.06. The smallest absolute Gasteiger partial charge is 0.122 e. The minimum absolute atomic E-state index is 0.456. The standard InChI is InChI=1S/C16H26N2O/c1-13-5-4-6-15(16(13)19)12-18(3)11-14-7-9-17(2)10-8-14/h4-6,14,19H,7-12H2,1-3H3. The van der Waals surface area contributed by atoms with Crippen molar-refractivity contribution in [2.45, 2.75) is 26.3 Å². The molecular formula is C16H26N2O. The minimum atomic E-state index is 0.456. The van der Waals surface area contributed by atoms with E-state index in [1.807, 2.05) is 25.1 Å².